The normalized spacial score (nSPS) is 21.5. The van der Waals surface area contributed by atoms with Crippen LogP contribution in [0.15, 0.2) is 0 Å². The minimum Gasteiger partial charge on any atom is -0.480 e. The Hall–Kier alpha value is -1.67. The molecule has 8 nitrogen and oxygen atoms in total. The SMILES string of the molecule is N[C@@H](CCC(=O)NN1CCC[C@H]1C(=O)O)C(=O)O. The Labute approximate surface area is 104 Å². The molecule has 1 amide bonds. The fourth-order valence-electron chi connectivity index (χ4n) is 1.78. The molecule has 0 bridgehead atoms. The van der Waals surface area contributed by atoms with Gasteiger partial charge in [0.15, 0.2) is 0 Å². The quantitative estimate of drug-likeness (QED) is 0.468. The van der Waals surface area contributed by atoms with Gasteiger partial charge in [-0.3, -0.25) is 19.8 Å². The number of amides is 1. The highest BCUT2D eigenvalue weighted by molar-refractivity contribution is 5.79. The van der Waals surface area contributed by atoms with E-state index in [0.29, 0.717) is 19.4 Å². The Balaban J connectivity index is 2.36. The van der Waals surface area contributed by atoms with E-state index in [9.17, 15) is 14.4 Å². The summed E-state index contributed by atoms with van der Waals surface area (Å²) in [5.74, 6) is -2.55. The second kappa shape index (κ2) is 6.31. The first-order chi connectivity index (χ1) is 8.41. The van der Waals surface area contributed by atoms with Crippen molar-refractivity contribution in [3.63, 3.8) is 0 Å². The summed E-state index contributed by atoms with van der Waals surface area (Å²) in [6.07, 6.45) is 1.17. The van der Waals surface area contributed by atoms with Crippen LogP contribution >= 0.6 is 0 Å². The van der Waals surface area contributed by atoms with Gasteiger partial charge in [0.2, 0.25) is 5.91 Å². The van der Waals surface area contributed by atoms with Crippen molar-refractivity contribution in [1.82, 2.24) is 10.4 Å². The average molecular weight is 259 g/mol. The molecule has 18 heavy (non-hydrogen) atoms. The highest BCUT2D eigenvalue weighted by Gasteiger charge is 2.31. The van der Waals surface area contributed by atoms with Crippen LogP contribution in [0, 0.1) is 0 Å². The number of rotatable bonds is 6. The number of nitrogens with two attached hydrogens (primary N) is 1. The maximum Gasteiger partial charge on any atom is 0.322 e. The zero-order chi connectivity index (χ0) is 13.7. The van der Waals surface area contributed by atoms with Gasteiger partial charge in [-0.15, -0.1) is 0 Å². The van der Waals surface area contributed by atoms with Gasteiger partial charge in [-0.05, 0) is 19.3 Å². The molecule has 0 saturated carbocycles. The molecule has 0 spiro atoms. The lowest BCUT2D eigenvalue weighted by Gasteiger charge is -2.21. The van der Waals surface area contributed by atoms with Gasteiger partial charge in [-0.25, -0.2) is 5.01 Å². The molecular formula is C10H17N3O5. The Bertz CT molecular complexity index is 346. The van der Waals surface area contributed by atoms with E-state index in [-0.39, 0.29) is 12.8 Å². The van der Waals surface area contributed by atoms with Crippen LogP contribution in [0.4, 0.5) is 0 Å². The van der Waals surface area contributed by atoms with Crippen LogP contribution in [0.2, 0.25) is 0 Å². The number of nitrogens with zero attached hydrogens (tertiary/aromatic N) is 1. The molecule has 0 aromatic carbocycles. The molecule has 1 heterocycles. The van der Waals surface area contributed by atoms with Gasteiger partial charge < -0.3 is 15.9 Å². The van der Waals surface area contributed by atoms with Crippen LogP contribution in [-0.2, 0) is 14.4 Å². The van der Waals surface area contributed by atoms with Crippen LogP contribution in [0.5, 0.6) is 0 Å². The number of aliphatic carboxylic acids is 2. The minimum atomic E-state index is -1.16. The first kappa shape index (κ1) is 14.4. The second-order valence-electron chi connectivity index (χ2n) is 4.21. The average Bonchev–Trinajstić information content (AvgIpc) is 2.73. The first-order valence-electron chi connectivity index (χ1n) is 5.69. The van der Waals surface area contributed by atoms with Crippen LogP contribution < -0.4 is 11.2 Å². The number of carbonyl (C=O) groups excluding carboxylic acids is 1. The highest BCUT2D eigenvalue weighted by atomic mass is 16.4. The number of carbonyl (C=O) groups is 3. The second-order valence-corrected chi connectivity index (χ2v) is 4.21. The van der Waals surface area contributed by atoms with Crippen LogP contribution in [0.25, 0.3) is 0 Å². The van der Waals surface area contributed by atoms with Crippen molar-refractivity contribution >= 4 is 17.8 Å². The summed E-state index contributed by atoms with van der Waals surface area (Å²) in [6.45, 7) is 0.480. The van der Waals surface area contributed by atoms with Gasteiger partial charge in [0, 0.05) is 13.0 Å². The van der Waals surface area contributed by atoms with E-state index in [1.54, 1.807) is 0 Å². The lowest BCUT2D eigenvalue weighted by molar-refractivity contribution is -0.144. The van der Waals surface area contributed by atoms with Crippen molar-refractivity contribution in [3.8, 4) is 0 Å². The number of carboxylic acids is 2. The lowest BCUT2D eigenvalue weighted by atomic mass is 10.1. The van der Waals surface area contributed by atoms with E-state index >= 15 is 0 Å². The minimum absolute atomic E-state index is 0.0206. The van der Waals surface area contributed by atoms with E-state index in [0.717, 1.165) is 0 Å². The lowest BCUT2D eigenvalue weighted by Crippen LogP contribution is -2.48. The molecule has 2 atom stereocenters. The number of hydrazine groups is 1. The third kappa shape index (κ3) is 3.97. The molecule has 102 valence electrons. The topological polar surface area (TPSA) is 133 Å². The monoisotopic (exact) mass is 259 g/mol. The molecule has 1 saturated heterocycles. The fourth-order valence-corrected chi connectivity index (χ4v) is 1.78. The molecular weight excluding hydrogens is 242 g/mol. The summed E-state index contributed by atoms with van der Waals surface area (Å²) in [7, 11) is 0. The molecule has 1 fully saturated rings. The molecule has 0 aromatic rings. The fraction of sp³-hybridized carbons (Fsp3) is 0.700. The molecule has 0 unspecified atom stereocenters. The van der Waals surface area contributed by atoms with Crippen molar-refractivity contribution in [2.45, 2.75) is 37.8 Å². The Morgan fingerprint density at radius 1 is 1.39 bits per heavy atom. The number of hydrogen-bond donors (Lipinski definition) is 4. The van der Waals surface area contributed by atoms with Crippen molar-refractivity contribution in [3.05, 3.63) is 0 Å². The third-order valence-corrected chi connectivity index (χ3v) is 2.81. The van der Waals surface area contributed by atoms with Gasteiger partial charge >= 0.3 is 11.9 Å². The summed E-state index contributed by atoms with van der Waals surface area (Å²) in [4.78, 5) is 32.8. The smallest absolute Gasteiger partial charge is 0.322 e. The highest BCUT2D eigenvalue weighted by Crippen LogP contribution is 2.14. The Morgan fingerprint density at radius 2 is 2.06 bits per heavy atom. The van der Waals surface area contributed by atoms with E-state index in [2.05, 4.69) is 5.43 Å². The first-order valence-corrected chi connectivity index (χ1v) is 5.69. The molecule has 0 aromatic heterocycles. The van der Waals surface area contributed by atoms with Gasteiger partial charge in [-0.2, -0.15) is 0 Å². The summed E-state index contributed by atoms with van der Waals surface area (Å²) in [5.41, 5.74) is 7.73. The van der Waals surface area contributed by atoms with Gasteiger partial charge in [0.1, 0.15) is 12.1 Å². The van der Waals surface area contributed by atoms with E-state index in [1.165, 1.54) is 5.01 Å². The molecule has 0 aliphatic carbocycles. The standard InChI is InChI=1S/C10H17N3O5/c11-6(9(15)16)3-4-8(14)12-13-5-1-2-7(13)10(17)18/h6-7H,1-5,11H2,(H,12,14)(H,15,16)(H,17,18)/t6-,7-/m0/s1. The van der Waals surface area contributed by atoms with E-state index < -0.39 is 29.9 Å². The summed E-state index contributed by atoms with van der Waals surface area (Å²) >= 11 is 0. The van der Waals surface area contributed by atoms with E-state index in [1.807, 2.05) is 0 Å². The van der Waals surface area contributed by atoms with Crippen molar-refractivity contribution in [2.24, 2.45) is 5.73 Å². The summed E-state index contributed by atoms with van der Waals surface area (Å²) in [6, 6.07) is -1.79. The van der Waals surface area contributed by atoms with Gasteiger partial charge in [0.05, 0.1) is 0 Å². The number of carboxylic acid groups (broad SMARTS) is 2. The Morgan fingerprint density at radius 3 is 2.61 bits per heavy atom. The van der Waals surface area contributed by atoms with E-state index in [4.69, 9.17) is 15.9 Å². The molecule has 1 aliphatic heterocycles. The maximum absolute atomic E-state index is 11.5. The molecule has 8 heteroatoms. The van der Waals surface area contributed by atoms with Crippen LogP contribution in [-0.4, -0.2) is 51.7 Å². The molecule has 0 radical (unpaired) electrons. The molecule has 5 N–H and O–H groups in total. The summed E-state index contributed by atoms with van der Waals surface area (Å²) in [5, 5.41) is 18.8. The third-order valence-electron chi connectivity index (χ3n) is 2.81. The Kier molecular flexibility index (Phi) is 5.05. The zero-order valence-corrected chi connectivity index (χ0v) is 9.83. The van der Waals surface area contributed by atoms with Crippen molar-refractivity contribution < 1.29 is 24.6 Å². The predicted octanol–water partition coefficient (Wildman–Crippen LogP) is -1.24. The predicted molar refractivity (Wildman–Crippen MR) is 60.4 cm³/mol. The van der Waals surface area contributed by atoms with Gasteiger partial charge in [0.25, 0.3) is 0 Å². The zero-order valence-electron chi connectivity index (χ0n) is 9.83. The van der Waals surface area contributed by atoms with Crippen LogP contribution in [0.3, 0.4) is 0 Å². The van der Waals surface area contributed by atoms with Crippen molar-refractivity contribution in [1.29, 1.82) is 0 Å². The van der Waals surface area contributed by atoms with Crippen LogP contribution in [0.1, 0.15) is 25.7 Å². The largest absolute Gasteiger partial charge is 0.480 e. The maximum atomic E-state index is 11.5. The van der Waals surface area contributed by atoms with Gasteiger partial charge in [-0.1, -0.05) is 0 Å². The number of hydrogen-bond acceptors (Lipinski definition) is 5. The molecule has 1 aliphatic rings. The molecule has 1 rings (SSSR count). The number of nitrogens with one attached hydrogen (secondary N) is 1. The summed E-state index contributed by atoms with van der Waals surface area (Å²) < 4.78 is 0. The van der Waals surface area contributed by atoms with Crippen molar-refractivity contribution in [2.75, 3.05) is 6.54 Å².